The van der Waals surface area contributed by atoms with E-state index in [2.05, 4.69) is 10.2 Å². The lowest BCUT2D eigenvalue weighted by Gasteiger charge is -2.35. The minimum absolute atomic E-state index is 0. The number of hydrogen-bond donors (Lipinski definition) is 2. The van der Waals surface area contributed by atoms with Crippen LogP contribution in [0.5, 0.6) is 5.75 Å². The Labute approximate surface area is 156 Å². The van der Waals surface area contributed by atoms with E-state index in [1.807, 2.05) is 23.6 Å². The molecule has 1 fully saturated rings. The van der Waals surface area contributed by atoms with E-state index in [4.69, 9.17) is 5.26 Å². The molecular formula is C16H18Cl2FN3OS. The Morgan fingerprint density at radius 1 is 1.29 bits per heavy atom. The van der Waals surface area contributed by atoms with Crippen LogP contribution in [0, 0.1) is 17.1 Å². The molecule has 0 aliphatic carbocycles. The van der Waals surface area contributed by atoms with Crippen molar-refractivity contribution in [1.82, 2.24) is 10.2 Å². The van der Waals surface area contributed by atoms with Gasteiger partial charge in [0.2, 0.25) is 0 Å². The summed E-state index contributed by atoms with van der Waals surface area (Å²) < 4.78 is 14.0. The van der Waals surface area contributed by atoms with Crippen molar-refractivity contribution in [3.8, 4) is 11.8 Å². The minimum atomic E-state index is -0.745. The molecule has 1 aliphatic heterocycles. The Kier molecular flexibility index (Phi) is 7.94. The van der Waals surface area contributed by atoms with Crippen molar-refractivity contribution in [3.63, 3.8) is 0 Å². The molecule has 0 saturated carbocycles. The van der Waals surface area contributed by atoms with Crippen molar-refractivity contribution in [1.29, 1.82) is 5.26 Å². The number of piperazine rings is 1. The molecule has 0 unspecified atom stereocenters. The lowest BCUT2D eigenvalue weighted by molar-refractivity contribution is 0.197. The molecule has 24 heavy (non-hydrogen) atoms. The summed E-state index contributed by atoms with van der Waals surface area (Å²) in [5.41, 5.74) is 0.683. The molecule has 8 heteroatoms. The number of rotatable bonds is 3. The number of halogens is 3. The molecule has 1 aliphatic rings. The fourth-order valence-electron chi connectivity index (χ4n) is 2.81. The highest BCUT2D eigenvalue weighted by molar-refractivity contribution is 7.10. The van der Waals surface area contributed by atoms with Gasteiger partial charge in [-0.3, -0.25) is 4.90 Å². The van der Waals surface area contributed by atoms with Crippen molar-refractivity contribution in [2.45, 2.75) is 6.04 Å². The fraction of sp³-hybridized carbons (Fsp3) is 0.312. The third-order valence-electron chi connectivity index (χ3n) is 3.85. The van der Waals surface area contributed by atoms with Crippen molar-refractivity contribution in [2.24, 2.45) is 0 Å². The molecule has 1 atom stereocenters. The molecule has 3 rings (SSSR count). The van der Waals surface area contributed by atoms with Crippen molar-refractivity contribution in [3.05, 3.63) is 51.5 Å². The second kappa shape index (κ2) is 9.21. The Morgan fingerprint density at radius 2 is 2.00 bits per heavy atom. The van der Waals surface area contributed by atoms with Gasteiger partial charge in [-0.2, -0.15) is 5.26 Å². The van der Waals surface area contributed by atoms with Crippen molar-refractivity contribution < 1.29 is 9.50 Å². The average Bonchev–Trinajstić information content (AvgIpc) is 3.06. The third kappa shape index (κ3) is 4.18. The molecule has 2 N–H and O–H groups in total. The summed E-state index contributed by atoms with van der Waals surface area (Å²) in [7, 11) is 0. The van der Waals surface area contributed by atoms with Gasteiger partial charge in [-0.05, 0) is 23.6 Å². The van der Waals surface area contributed by atoms with Gasteiger partial charge >= 0.3 is 0 Å². The first-order valence-electron chi connectivity index (χ1n) is 7.11. The molecule has 1 aromatic carbocycles. The molecular weight excluding hydrogens is 372 g/mol. The predicted octanol–water partition coefficient (Wildman–Crippen LogP) is 3.30. The first-order chi connectivity index (χ1) is 10.7. The zero-order chi connectivity index (χ0) is 15.5. The van der Waals surface area contributed by atoms with Crippen LogP contribution in [-0.2, 0) is 0 Å². The molecule has 2 aromatic rings. The lowest BCUT2D eigenvalue weighted by atomic mass is 9.99. The van der Waals surface area contributed by atoms with E-state index in [9.17, 15) is 9.50 Å². The Balaban J connectivity index is 0.00000144. The van der Waals surface area contributed by atoms with Gasteiger partial charge in [0.1, 0.15) is 0 Å². The Morgan fingerprint density at radius 3 is 2.58 bits per heavy atom. The number of aromatic hydroxyl groups is 1. The number of benzene rings is 1. The summed E-state index contributed by atoms with van der Waals surface area (Å²) in [5.74, 6) is -1.11. The molecule has 0 radical (unpaired) electrons. The van der Waals surface area contributed by atoms with Crippen LogP contribution in [0.2, 0.25) is 0 Å². The monoisotopic (exact) mass is 389 g/mol. The van der Waals surface area contributed by atoms with Gasteiger partial charge in [-0.1, -0.05) is 6.07 Å². The topological polar surface area (TPSA) is 59.3 Å². The standard InChI is InChI=1S/C16H16FN3OS.2ClH/c17-13-9-11(10-18)8-12(16(13)21)15(14-2-1-7-22-14)20-5-3-19-4-6-20;;/h1-2,7-9,15,19,21H,3-6H2;2*1H/t15-;;/m0../s1. The van der Waals surface area contributed by atoms with E-state index >= 15 is 0 Å². The summed E-state index contributed by atoms with van der Waals surface area (Å²) in [4.78, 5) is 3.24. The molecule has 1 saturated heterocycles. The maximum Gasteiger partial charge on any atom is 0.166 e. The number of phenols is 1. The van der Waals surface area contributed by atoms with E-state index in [-0.39, 0.29) is 42.2 Å². The number of nitriles is 1. The summed E-state index contributed by atoms with van der Waals surface area (Å²) >= 11 is 1.57. The van der Waals surface area contributed by atoms with Crippen LogP contribution >= 0.6 is 36.2 Å². The number of nitrogens with zero attached hydrogens (tertiary/aromatic N) is 2. The number of hydrogen-bond acceptors (Lipinski definition) is 5. The van der Waals surface area contributed by atoms with Crippen LogP contribution in [0.3, 0.4) is 0 Å². The summed E-state index contributed by atoms with van der Waals surface area (Å²) in [6.45, 7) is 3.31. The van der Waals surface area contributed by atoms with E-state index in [0.29, 0.717) is 5.56 Å². The van der Waals surface area contributed by atoms with Crippen LogP contribution in [0.15, 0.2) is 29.6 Å². The average molecular weight is 390 g/mol. The largest absolute Gasteiger partial charge is 0.505 e. The normalized spacial score (nSPS) is 15.7. The van der Waals surface area contributed by atoms with E-state index in [1.165, 1.54) is 0 Å². The number of nitrogens with one attached hydrogen (secondary N) is 1. The van der Waals surface area contributed by atoms with Gasteiger partial charge in [0, 0.05) is 36.6 Å². The van der Waals surface area contributed by atoms with E-state index in [0.717, 1.165) is 37.1 Å². The number of phenolic OH excluding ortho intramolecular Hbond substituents is 1. The third-order valence-corrected chi connectivity index (χ3v) is 4.77. The second-order valence-electron chi connectivity index (χ2n) is 5.21. The SMILES string of the molecule is Cl.Cl.N#Cc1cc(F)c(O)c([C@@H](c2cccs2)N2CCNCC2)c1. The van der Waals surface area contributed by atoms with Gasteiger partial charge in [-0.15, -0.1) is 36.2 Å². The highest BCUT2D eigenvalue weighted by atomic mass is 35.5. The van der Waals surface area contributed by atoms with Gasteiger partial charge < -0.3 is 10.4 Å². The summed E-state index contributed by atoms with van der Waals surface area (Å²) in [5, 5.41) is 24.5. The van der Waals surface area contributed by atoms with Crippen LogP contribution in [0.4, 0.5) is 4.39 Å². The first kappa shape index (κ1) is 20.7. The van der Waals surface area contributed by atoms with Crippen LogP contribution in [0.1, 0.15) is 22.0 Å². The molecule has 4 nitrogen and oxygen atoms in total. The second-order valence-corrected chi connectivity index (χ2v) is 6.19. The number of thiophene rings is 1. The maximum absolute atomic E-state index is 14.0. The smallest absolute Gasteiger partial charge is 0.166 e. The van der Waals surface area contributed by atoms with Gasteiger partial charge in [0.15, 0.2) is 11.6 Å². The van der Waals surface area contributed by atoms with Crippen LogP contribution in [0.25, 0.3) is 0 Å². The molecule has 1 aromatic heterocycles. The van der Waals surface area contributed by atoms with Crippen molar-refractivity contribution in [2.75, 3.05) is 26.2 Å². The van der Waals surface area contributed by atoms with E-state index in [1.54, 1.807) is 17.4 Å². The maximum atomic E-state index is 14.0. The summed E-state index contributed by atoms with van der Waals surface area (Å²) in [6, 6.07) is 8.31. The minimum Gasteiger partial charge on any atom is -0.505 e. The fourth-order valence-corrected chi connectivity index (χ4v) is 3.69. The van der Waals surface area contributed by atoms with Gasteiger partial charge in [-0.25, -0.2) is 4.39 Å². The quantitative estimate of drug-likeness (QED) is 0.845. The van der Waals surface area contributed by atoms with Gasteiger partial charge in [0.05, 0.1) is 17.7 Å². The highest BCUT2D eigenvalue weighted by Crippen LogP contribution is 2.38. The van der Waals surface area contributed by atoms with Crippen LogP contribution < -0.4 is 5.32 Å². The molecule has 2 heterocycles. The lowest BCUT2D eigenvalue weighted by Crippen LogP contribution is -2.45. The van der Waals surface area contributed by atoms with Crippen LogP contribution in [-0.4, -0.2) is 36.2 Å². The Bertz CT molecular complexity index is 700. The zero-order valence-corrected chi connectivity index (χ0v) is 15.2. The summed E-state index contributed by atoms with van der Waals surface area (Å²) in [6.07, 6.45) is 0. The van der Waals surface area contributed by atoms with E-state index < -0.39 is 5.82 Å². The molecule has 130 valence electrons. The predicted molar refractivity (Wildman–Crippen MR) is 97.9 cm³/mol. The van der Waals surface area contributed by atoms with Crippen molar-refractivity contribution >= 4 is 36.2 Å². The highest BCUT2D eigenvalue weighted by Gasteiger charge is 2.28. The van der Waals surface area contributed by atoms with Gasteiger partial charge in [0.25, 0.3) is 0 Å². The Hall–Kier alpha value is -1.36. The molecule has 0 amide bonds. The first-order valence-corrected chi connectivity index (χ1v) is 7.99. The molecule has 0 spiro atoms. The molecule has 0 bridgehead atoms. The zero-order valence-electron chi connectivity index (χ0n) is 12.7.